The van der Waals surface area contributed by atoms with E-state index >= 15 is 0 Å². The minimum atomic E-state index is -1.15. The molecule has 6 rings (SSSR count). The summed E-state index contributed by atoms with van der Waals surface area (Å²) >= 11 is 0. The largest absolute Gasteiger partial charge is 0.514 e. The van der Waals surface area contributed by atoms with Gasteiger partial charge in [-0.15, -0.1) is 0 Å². The summed E-state index contributed by atoms with van der Waals surface area (Å²) in [4.78, 5) is 107. The van der Waals surface area contributed by atoms with Crippen molar-refractivity contribution in [1.29, 1.82) is 0 Å². The Morgan fingerprint density at radius 1 is 0.659 bits per heavy atom. The van der Waals surface area contributed by atoms with Crippen LogP contribution in [-0.2, 0) is 52.3 Å². The number of non-ortho nitro benzene ring substituents is 2. The zero-order valence-corrected chi connectivity index (χ0v) is 50.0. The average Bonchev–Trinajstić information content (AvgIpc) is 3.57. The van der Waals surface area contributed by atoms with Crippen LogP contribution in [0.15, 0.2) is 96.1 Å². The number of rotatable bonds is 12. The van der Waals surface area contributed by atoms with Gasteiger partial charge in [0, 0.05) is 83.2 Å². The van der Waals surface area contributed by atoms with Gasteiger partial charge in [0.05, 0.1) is 34.3 Å². The van der Waals surface area contributed by atoms with Crippen LogP contribution in [0.5, 0.6) is 11.5 Å². The van der Waals surface area contributed by atoms with E-state index in [0.29, 0.717) is 76.2 Å². The van der Waals surface area contributed by atoms with E-state index in [1.165, 1.54) is 67.7 Å². The van der Waals surface area contributed by atoms with Crippen molar-refractivity contribution >= 4 is 47.1 Å². The number of piperidine rings is 1. The number of allylic oxidation sites excluding steroid dienone is 5. The number of fused-ring (bicyclic) bond motifs is 3. The SMILES string of the molecule is CO[C@H]1CC(=O)[C@H](C)C[C@H](C)/C=C/C=C/C=C(\C)[C@@H](OC)CC2CCCC(O2)C(=O)C(=O)N2CCCC[C@H]2C(=O)O[C@H](CC[C@@H]2CC[C@@H](OC(=O)Oc3ccc([N+](=O)[O-])cc3)[C@H](OC)C2)C[C@@H](OC(=O)Oc2ccc([N+](=O)[O-])cc2)[C@H](C)/C=C/1C. The Balaban J connectivity index is 1.30. The monoisotopic (exact) mass is 1190 g/mol. The summed E-state index contributed by atoms with van der Waals surface area (Å²) in [5, 5.41) is 22.5. The van der Waals surface area contributed by atoms with Crippen molar-refractivity contribution in [2.75, 3.05) is 27.9 Å². The van der Waals surface area contributed by atoms with E-state index in [9.17, 15) is 49.0 Å². The third-order valence-corrected chi connectivity index (χ3v) is 16.6. The van der Waals surface area contributed by atoms with Crippen molar-refractivity contribution in [3.8, 4) is 11.5 Å². The van der Waals surface area contributed by atoms with Crippen molar-refractivity contribution in [2.45, 2.75) is 186 Å². The first-order valence-electron chi connectivity index (χ1n) is 29.4. The number of carbonyl (C=O) groups is 6. The number of nitro benzene ring substituents is 2. The Bertz CT molecular complexity index is 2740. The molecule has 3 aliphatic heterocycles. The summed E-state index contributed by atoms with van der Waals surface area (Å²) in [5.41, 5.74) is 1.20. The molecule has 4 aliphatic rings. The normalized spacial score (nSPS) is 31.1. The van der Waals surface area contributed by atoms with Crippen molar-refractivity contribution in [2.24, 2.45) is 23.7 Å². The molecule has 22 heteroatoms. The van der Waals surface area contributed by atoms with Gasteiger partial charge in [-0.05, 0) is 138 Å². The number of amides is 1. The molecule has 464 valence electrons. The lowest BCUT2D eigenvalue weighted by Gasteiger charge is -2.37. The van der Waals surface area contributed by atoms with E-state index < -0.39 is 88.4 Å². The van der Waals surface area contributed by atoms with E-state index in [2.05, 4.69) is 0 Å². The second kappa shape index (κ2) is 33.0. The van der Waals surface area contributed by atoms with Gasteiger partial charge in [0.25, 0.3) is 17.3 Å². The smallest absolute Gasteiger partial charge is 0.461 e. The second-order valence-electron chi connectivity index (χ2n) is 22.8. The van der Waals surface area contributed by atoms with Crippen LogP contribution < -0.4 is 9.47 Å². The van der Waals surface area contributed by atoms with Gasteiger partial charge in [0.1, 0.15) is 47.7 Å². The Hall–Kier alpha value is -7.14. The number of nitrogens with zero attached hydrogens (tertiary/aromatic N) is 3. The molecule has 0 spiro atoms. The van der Waals surface area contributed by atoms with Crippen LogP contribution in [0, 0.1) is 43.9 Å². The number of hydrogen-bond acceptors (Lipinski definition) is 19. The molecule has 2 bridgehead atoms. The number of cyclic esters (lactones) is 1. The zero-order valence-electron chi connectivity index (χ0n) is 50.0. The zero-order chi connectivity index (χ0) is 61.7. The van der Waals surface area contributed by atoms with Gasteiger partial charge in [0.2, 0.25) is 5.78 Å². The molecule has 3 heterocycles. The van der Waals surface area contributed by atoms with E-state index in [-0.39, 0.29) is 90.8 Å². The third kappa shape index (κ3) is 20.2. The molecule has 0 N–H and O–H groups in total. The quantitative estimate of drug-likeness (QED) is 0.0363. The Morgan fingerprint density at radius 3 is 1.91 bits per heavy atom. The number of hydrogen-bond donors (Lipinski definition) is 0. The van der Waals surface area contributed by atoms with Crippen molar-refractivity contribution in [1.82, 2.24) is 4.90 Å². The maximum atomic E-state index is 14.8. The van der Waals surface area contributed by atoms with Crippen LogP contribution in [0.1, 0.15) is 131 Å². The van der Waals surface area contributed by atoms with Gasteiger partial charge in [-0.3, -0.25) is 34.6 Å². The first-order chi connectivity index (χ1) is 40.7. The Kier molecular flexibility index (Phi) is 26.0. The number of carbonyl (C=O) groups excluding carboxylic acids is 6. The number of esters is 1. The van der Waals surface area contributed by atoms with Crippen LogP contribution in [0.25, 0.3) is 0 Å². The summed E-state index contributed by atoms with van der Waals surface area (Å²) in [6.45, 7) is 9.62. The van der Waals surface area contributed by atoms with Gasteiger partial charge in [-0.1, -0.05) is 57.2 Å². The molecule has 2 aromatic carbocycles. The van der Waals surface area contributed by atoms with Crippen LogP contribution in [0.3, 0.4) is 0 Å². The summed E-state index contributed by atoms with van der Waals surface area (Å²) in [6, 6.07) is 8.70. The number of ether oxygens (including phenoxy) is 9. The van der Waals surface area contributed by atoms with Crippen molar-refractivity contribution < 1.29 is 81.2 Å². The Labute approximate surface area is 496 Å². The average molecular weight is 1190 g/mol. The number of benzene rings is 2. The molecule has 2 unspecified atom stereocenters. The molecule has 0 aromatic heterocycles. The molecule has 0 radical (unpaired) electrons. The third-order valence-electron chi connectivity index (χ3n) is 16.6. The Morgan fingerprint density at radius 2 is 1.29 bits per heavy atom. The van der Waals surface area contributed by atoms with Crippen LogP contribution in [0.2, 0.25) is 0 Å². The first-order valence-corrected chi connectivity index (χ1v) is 29.4. The van der Waals surface area contributed by atoms with Crippen LogP contribution in [0.4, 0.5) is 21.0 Å². The van der Waals surface area contributed by atoms with Crippen molar-refractivity contribution in [3.63, 3.8) is 0 Å². The lowest BCUT2D eigenvalue weighted by Crippen LogP contribution is -2.54. The number of methoxy groups -OCH3 is 3. The van der Waals surface area contributed by atoms with Gasteiger partial charge < -0.3 is 47.5 Å². The fourth-order valence-corrected chi connectivity index (χ4v) is 11.6. The fourth-order valence-electron chi connectivity index (χ4n) is 11.6. The van der Waals surface area contributed by atoms with Gasteiger partial charge in [-0.2, -0.15) is 0 Å². The van der Waals surface area contributed by atoms with E-state index in [0.717, 1.165) is 5.57 Å². The minimum Gasteiger partial charge on any atom is -0.461 e. The highest BCUT2D eigenvalue weighted by Gasteiger charge is 2.42. The lowest BCUT2D eigenvalue weighted by atomic mass is 9.81. The highest BCUT2D eigenvalue weighted by Crippen LogP contribution is 2.35. The highest BCUT2D eigenvalue weighted by atomic mass is 16.7. The molecular formula is C63H83N3O19. The summed E-state index contributed by atoms with van der Waals surface area (Å²) in [5.74, 6) is -3.30. The van der Waals surface area contributed by atoms with Gasteiger partial charge >= 0.3 is 18.3 Å². The van der Waals surface area contributed by atoms with E-state index in [1.807, 2.05) is 64.2 Å². The van der Waals surface area contributed by atoms with Crippen LogP contribution in [-0.4, -0.2) is 133 Å². The maximum Gasteiger partial charge on any atom is 0.514 e. The predicted octanol–water partition coefficient (Wildman–Crippen LogP) is 11.5. The molecule has 2 aromatic rings. The molecular weight excluding hydrogens is 1100 g/mol. The maximum absolute atomic E-state index is 14.8. The molecule has 3 fully saturated rings. The topological polar surface area (TPSA) is 275 Å². The van der Waals surface area contributed by atoms with Gasteiger partial charge in [0.15, 0.2) is 0 Å². The standard InChI is InChI=1S/C63H83N3O19/c1-39-15-10-9-11-16-40(2)55(77-6)36-49-17-14-19-54(80-49)59(68)60(69)64-32-13-12-18-51(64)61(70)81-50(26-20-44-21-31-53(58(35-44)79-8)84-62(71)82-47-27-22-45(23-28-47)65(73)74)37-57(85-63(72)83-48-29-24-46(25-30-48)66(75)76)43(5)34-42(4)56(78-7)38-52(67)41(3)33-39/h9-11,15-16,22-25,27-30,34,39,41,43-44,49-51,53-58H,12-14,17-21,26,31-33,35-38H2,1-8H3/b11-9+,15-10+,40-16+,42-34+/t39-,41-,43-,44-,49?,50-,51+,53-,54?,55+,56+,57-,58-/m1/s1. The molecule has 2 saturated heterocycles. The van der Waals surface area contributed by atoms with Crippen molar-refractivity contribution in [3.05, 3.63) is 116 Å². The molecule has 85 heavy (non-hydrogen) atoms. The van der Waals surface area contributed by atoms with Gasteiger partial charge in [-0.25, -0.2) is 14.4 Å². The summed E-state index contributed by atoms with van der Waals surface area (Å²) < 4.78 is 53.1. The van der Waals surface area contributed by atoms with E-state index in [1.54, 1.807) is 14.0 Å². The first kappa shape index (κ1) is 67.0. The number of nitro groups is 2. The molecule has 1 saturated carbocycles. The summed E-state index contributed by atoms with van der Waals surface area (Å²) in [6.07, 6.45) is 9.55. The number of ketones is 2. The molecule has 1 amide bonds. The summed E-state index contributed by atoms with van der Waals surface area (Å²) in [7, 11) is 4.61. The minimum absolute atomic E-state index is 0.00804. The van der Waals surface area contributed by atoms with Crippen LogP contribution >= 0.6 is 0 Å². The molecule has 13 atom stereocenters. The lowest BCUT2D eigenvalue weighted by molar-refractivity contribution is -0.385. The second-order valence-corrected chi connectivity index (χ2v) is 22.8. The number of Topliss-reactive ketones (excluding diaryl/α,β-unsaturated/α-hetero) is 2. The molecule has 22 nitrogen and oxygen atoms in total. The molecule has 1 aliphatic carbocycles. The van der Waals surface area contributed by atoms with E-state index in [4.69, 9.17) is 42.6 Å². The predicted molar refractivity (Wildman–Crippen MR) is 310 cm³/mol. The fraction of sp³-hybridized carbons (Fsp3) is 0.587. The highest BCUT2D eigenvalue weighted by molar-refractivity contribution is 6.38.